The fraction of sp³-hybridized carbons (Fsp3) is 0.480. The van der Waals surface area contributed by atoms with Crippen LogP contribution in [-0.4, -0.2) is 72.8 Å². The lowest BCUT2D eigenvalue weighted by molar-refractivity contribution is -0.120. The van der Waals surface area contributed by atoms with Crippen molar-refractivity contribution in [1.82, 2.24) is 19.5 Å². The van der Waals surface area contributed by atoms with E-state index in [1.807, 2.05) is 54.8 Å². The summed E-state index contributed by atoms with van der Waals surface area (Å²) in [5, 5.41) is 6.67. The number of hydrogen-bond acceptors (Lipinski definition) is 13. The first-order chi connectivity index (χ1) is 31.6. The van der Waals surface area contributed by atoms with E-state index < -0.39 is 19.7 Å². The first-order valence-electron chi connectivity index (χ1n) is 23.4. The number of ketones is 2. The van der Waals surface area contributed by atoms with E-state index in [4.69, 9.17) is 14.7 Å². The third-order valence-corrected chi connectivity index (χ3v) is 15.7. The first-order valence-corrected chi connectivity index (χ1v) is 27.2. The average Bonchev–Trinajstić information content (AvgIpc) is 4.05. The summed E-state index contributed by atoms with van der Waals surface area (Å²) < 4.78 is 58.5. The molecule has 14 nitrogen and oxygen atoms in total. The zero-order valence-corrected chi connectivity index (χ0v) is 39.7. The third-order valence-electron chi connectivity index (χ3n) is 13.4. The van der Waals surface area contributed by atoms with Gasteiger partial charge in [-0.2, -0.15) is 0 Å². The van der Waals surface area contributed by atoms with Crippen molar-refractivity contribution in [3.8, 4) is 0 Å². The SMILES string of the molecule is CC1=Nc2c(Nc3ccc(C4CC4)cc3S(C)(=O)=O)cc(CC(=O)C3CC3)nc2C1.Cc1nc2c(Nc3ccc(C4CC4)cc3S(C)(=O)=O)cc(CC(=O)C3CC3)nc2n1C1CCCCO1. The van der Waals surface area contributed by atoms with E-state index in [1.54, 1.807) is 12.1 Å². The molecule has 0 radical (unpaired) electrons. The Bertz CT molecular complexity index is 3050. The molecule has 0 amide bonds. The number of ether oxygens (including phenoxy) is 1. The number of sulfone groups is 2. The molecule has 5 heterocycles. The first kappa shape index (κ1) is 44.5. The highest BCUT2D eigenvalue weighted by atomic mass is 32.2. The van der Waals surface area contributed by atoms with Gasteiger partial charge in [0, 0.05) is 55.9 Å². The summed E-state index contributed by atoms with van der Waals surface area (Å²) in [5.74, 6) is 2.45. The monoisotopic (exact) mass is 931 g/mol. The summed E-state index contributed by atoms with van der Waals surface area (Å²) in [6, 6.07) is 15.0. The van der Waals surface area contributed by atoms with Crippen LogP contribution in [0.1, 0.15) is 130 Å². The van der Waals surface area contributed by atoms with Crippen molar-refractivity contribution in [3.05, 3.63) is 82.6 Å². The molecule has 2 aliphatic heterocycles. The Morgan fingerprint density at radius 3 is 1.73 bits per heavy atom. The average molecular weight is 932 g/mol. The van der Waals surface area contributed by atoms with E-state index in [0.29, 0.717) is 81.5 Å². The van der Waals surface area contributed by atoms with Gasteiger partial charge in [0.15, 0.2) is 25.3 Å². The number of Topliss-reactive ketones (excluding diaryl/α,β-unsaturated/α-hetero) is 2. The molecule has 346 valence electrons. The number of fused-ring (bicyclic) bond motifs is 2. The van der Waals surface area contributed by atoms with E-state index in [9.17, 15) is 26.4 Å². The molecule has 2 N–H and O–H groups in total. The van der Waals surface area contributed by atoms with E-state index in [-0.39, 0.29) is 40.9 Å². The molecular weight excluding hydrogens is 875 g/mol. The van der Waals surface area contributed by atoms with Crippen molar-refractivity contribution in [1.29, 1.82) is 0 Å². The highest BCUT2D eigenvalue weighted by Gasteiger charge is 2.33. The van der Waals surface area contributed by atoms with Gasteiger partial charge >= 0.3 is 0 Å². The number of pyridine rings is 2. The van der Waals surface area contributed by atoms with E-state index in [2.05, 4.69) is 20.6 Å². The van der Waals surface area contributed by atoms with Crippen LogP contribution in [0.25, 0.3) is 11.2 Å². The maximum absolute atomic E-state index is 12.7. The van der Waals surface area contributed by atoms with Gasteiger partial charge in [0.05, 0.1) is 49.6 Å². The van der Waals surface area contributed by atoms with E-state index >= 15 is 0 Å². The number of nitrogens with zero attached hydrogens (tertiary/aromatic N) is 5. The zero-order valence-electron chi connectivity index (χ0n) is 38.0. The second-order valence-corrected chi connectivity index (χ2v) is 23.3. The van der Waals surface area contributed by atoms with Crippen LogP contribution in [0.2, 0.25) is 0 Å². The maximum Gasteiger partial charge on any atom is 0.177 e. The number of rotatable bonds is 15. The van der Waals surface area contributed by atoms with Crippen LogP contribution in [0, 0.1) is 18.8 Å². The number of carbonyl (C=O) groups excluding carboxylic acids is 2. The van der Waals surface area contributed by atoms with Crippen LogP contribution in [0.15, 0.2) is 63.3 Å². The molecule has 3 aromatic heterocycles. The Balaban J connectivity index is 0.000000158. The molecule has 1 atom stereocenters. The van der Waals surface area contributed by atoms with Gasteiger partial charge in [0.2, 0.25) is 0 Å². The number of anilines is 4. The molecule has 4 aliphatic carbocycles. The van der Waals surface area contributed by atoms with Crippen molar-refractivity contribution >= 4 is 76.6 Å². The van der Waals surface area contributed by atoms with Gasteiger partial charge < -0.3 is 15.4 Å². The zero-order chi connectivity index (χ0) is 46.1. The molecule has 1 saturated heterocycles. The lowest BCUT2D eigenvalue weighted by Crippen LogP contribution is -2.19. The topological polar surface area (TPSA) is 192 Å². The van der Waals surface area contributed by atoms with Crippen LogP contribution >= 0.6 is 0 Å². The summed E-state index contributed by atoms with van der Waals surface area (Å²) in [4.78, 5) is 44.6. The quantitative estimate of drug-likeness (QED) is 0.101. The van der Waals surface area contributed by atoms with Crippen LogP contribution < -0.4 is 10.6 Å². The number of benzene rings is 2. The van der Waals surface area contributed by atoms with Gasteiger partial charge in [0.25, 0.3) is 0 Å². The van der Waals surface area contributed by atoms with Crippen LogP contribution in [-0.2, 0) is 53.3 Å². The second-order valence-electron chi connectivity index (χ2n) is 19.4. The fourth-order valence-corrected chi connectivity index (χ4v) is 11.0. The lowest BCUT2D eigenvalue weighted by Gasteiger charge is -2.25. The molecule has 0 spiro atoms. The molecule has 11 rings (SSSR count). The minimum atomic E-state index is -3.47. The normalized spacial score (nSPS) is 19.5. The number of aliphatic imine (C=N–C) groups is 1. The van der Waals surface area contributed by atoms with Crippen LogP contribution in [0.5, 0.6) is 0 Å². The van der Waals surface area contributed by atoms with Crippen molar-refractivity contribution in [2.24, 2.45) is 16.8 Å². The van der Waals surface area contributed by atoms with Gasteiger partial charge in [-0.3, -0.25) is 24.1 Å². The Labute approximate surface area is 386 Å². The van der Waals surface area contributed by atoms with Gasteiger partial charge in [-0.1, -0.05) is 12.1 Å². The highest BCUT2D eigenvalue weighted by Crippen LogP contribution is 2.45. The highest BCUT2D eigenvalue weighted by molar-refractivity contribution is 7.91. The predicted molar refractivity (Wildman–Crippen MR) is 254 cm³/mol. The number of nitrogens with one attached hydrogen (secondary N) is 2. The molecule has 5 fully saturated rings. The van der Waals surface area contributed by atoms with Crippen molar-refractivity contribution in [2.75, 3.05) is 29.8 Å². The Hall–Kier alpha value is -5.32. The maximum atomic E-state index is 12.7. The van der Waals surface area contributed by atoms with E-state index in [0.717, 1.165) is 105 Å². The van der Waals surface area contributed by atoms with Crippen molar-refractivity contribution < 1.29 is 31.2 Å². The molecule has 1 unspecified atom stereocenters. The van der Waals surface area contributed by atoms with Gasteiger partial charge in [-0.15, -0.1) is 0 Å². The lowest BCUT2D eigenvalue weighted by atomic mass is 10.1. The molecule has 0 bridgehead atoms. The molecular formula is C50H57N7O7S2. The largest absolute Gasteiger partial charge is 0.358 e. The Kier molecular flexibility index (Phi) is 11.7. The standard InChI is InChI=1S/C27H32N4O4S.C23H25N3O3S/c1-16-28-26-22(30-21-11-10-19(17-6-7-17)13-24(21)36(2,33)34)14-20(15-23(32)18-8-9-18)29-27(26)31(16)25-5-3-4-12-35-25;1-13-9-19-23(24-13)20(11-17(25-19)12-21(27)15-5-6-15)26-18-8-7-16(14-3-4-14)10-22(18)30(2,28)29/h10-11,13-14,17-18,25H,3-9,12,15H2,1-2H3,(H,29,30);7-8,10-11,14-15H,3-6,9,12H2,1-2H3,(H,25,26). The molecule has 6 aliphatic rings. The molecule has 16 heteroatoms. The molecule has 5 aromatic rings. The van der Waals surface area contributed by atoms with Crippen molar-refractivity contribution in [3.63, 3.8) is 0 Å². The number of carbonyl (C=O) groups is 2. The Morgan fingerprint density at radius 1 is 0.667 bits per heavy atom. The Morgan fingerprint density at radius 2 is 1.21 bits per heavy atom. The van der Waals surface area contributed by atoms with E-state index in [1.165, 1.54) is 12.5 Å². The minimum absolute atomic E-state index is 0.138. The smallest absolute Gasteiger partial charge is 0.177 e. The summed E-state index contributed by atoms with van der Waals surface area (Å²) in [5.41, 5.74) is 9.77. The second kappa shape index (κ2) is 17.4. The van der Waals surface area contributed by atoms with Gasteiger partial charge in [-0.25, -0.2) is 26.8 Å². The van der Waals surface area contributed by atoms with Crippen LogP contribution in [0.3, 0.4) is 0 Å². The third kappa shape index (κ3) is 9.86. The predicted octanol–water partition coefficient (Wildman–Crippen LogP) is 9.26. The summed E-state index contributed by atoms with van der Waals surface area (Å²) >= 11 is 0. The number of imidazole rings is 1. The van der Waals surface area contributed by atoms with Crippen LogP contribution in [0.4, 0.5) is 28.4 Å². The summed E-state index contributed by atoms with van der Waals surface area (Å²) in [6.45, 7) is 4.58. The minimum Gasteiger partial charge on any atom is -0.358 e. The summed E-state index contributed by atoms with van der Waals surface area (Å²) in [7, 11) is -6.87. The number of aromatic nitrogens is 4. The molecule has 66 heavy (non-hydrogen) atoms. The van der Waals surface area contributed by atoms with Crippen molar-refractivity contribution in [2.45, 2.75) is 132 Å². The number of hydrogen-bond donors (Lipinski definition) is 2. The van der Waals surface area contributed by atoms with Gasteiger partial charge in [-0.05, 0) is 144 Å². The number of aryl methyl sites for hydroxylation is 1. The molecule has 4 saturated carbocycles. The van der Waals surface area contributed by atoms with Gasteiger partial charge in [0.1, 0.15) is 34.8 Å². The fourth-order valence-electron chi connectivity index (χ4n) is 9.22. The summed E-state index contributed by atoms with van der Waals surface area (Å²) in [6.07, 6.45) is 14.8. The molecule has 2 aromatic carbocycles.